The van der Waals surface area contributed by atoms with E-state index in [9.17, 15) is 8.42 Å². The van der Waals surface area contributed by atoms with E-state index < -0.39 is 20.9 Å². The zero-order chi connectivity index (χ0) is 11.8. The molecule has 2 unspecified atom stereocenters. The molecule has 0 aromatic rings. The summed E-state index contributed by atoms with van der Waals surface area (Å²) in [5.74, 6) is -0.638. The molecule has 2 rings (SSSR count). The van der Waals surface area contributed by atoms with Crippen LogP contribution in [0, 0.1) is 0 Å². The summed E-state index contributed by atoms with van der Waals surface area (Å²) in [4.78, 5) is 0. The summed E-state index contributed by atoms with van der Waals surface area (Å²) >= 11 is 0. The molecule has 6 heteroatoms. The third-order valence-corrected chi connectivity index (χ3v) is 5.13. The van der Waals surface area contributed by atoms with Crippen LogP contribution in [-0.2, 0) is 19.3 Å². The molecule has 0 radical (unpaired) electrons. The first-order valence-corrected chi connectivity index (χ1v) is 7.56. The minimum Gasteiger partial charge on any atom is -0.347 e. The van der Waals surface area contributed by atoms with Crippen LogP contribution in [0.3, 0.4) is 0 Å². The van der Waals surface area contributed by atoms with Crippen molar-refractivity contribution in [3.05, 3.63) is 0 Å². The third-order valence-electron chi connectivity index (χ3n) is 3.53. The molecular weight excluding hydrogens is 230 g/mol. The maximum atomic E-state index is 11.7. The van der Waals surface area contributed by atoms with Crippen LogP contribution in [0.4, 0.5) is 0 Å². The Hall–Kier alpha value is -0.170. The third kappa shape index (κ3) is 2.25. The highest BCUT2D eigenvalue weighted by atomic mass is 32.2. The van der Waals surface area contributed by atoms with E-state index in [1.165, 1.54) is 6.26 Å². The van der Waals surface area contributed by atoms with E-state index in [-0.39, 0.29) is 6.04 Å². The van der Waals surface area contributed by atoms with Crippen molar-refractivity contribution in [2.45, 2.75) is 36.3 Å². The molecule has 1 spiro atoms. The van der Waals surface area contributed by atoms with Crippen LogP contribution < -0.4 is 5.32 Å². The Bertz CT molecular complexity index is 348. The lowest BCUT2D eigenvalue weighted by molar-refractivity contribution is -0.178. The van der Waals surface area contributed by atoms with Gasteiger partial charge in [-0.3, -0.25) is 0 Å². The number of hydrogen-bond acceptors (Lipinski definition) is 5. The minimum absolute atomic E-state index is 0.00780. The molecule has 0 aromatic heterocycles. The molecule has 2 aliphatic rings. The average Bonchev–Trinajstić information content (AvgIpc) is 2.65. The molecule has 0 aromatic carbocycles. The Morgan fingerprint density at radius 1 is 1.31 bits per heavy atom. The minimum atomic E-state index is -3.07. The quantitative estimate of drug-likeness (QED) is 0.741. The standard InChI is InChI=1S/C10H19NO4S/c1-11-8-3-4-10(14-5-6-15-10)7-9(8)16(2,12)13/h8-9,11H,3-7H2,1-2H3. The van der Waals surface area contributed by atoms with Gasteiger partial charge < -0.3 is 14.8 Å². The fourth-order valence-corrected chi connectivity index (χ4v) is 4.08. The average molecular weight is 249 g/mol. The molecule has 1 saturated heterocycles. The summed E-state index contributed by atoms with van der Waals surface area (Å²) in [6, 6.07) is 0.00780. The van der Waals surface area contributed by atoms with Gasteiger partial charge in [0.1, 0.15) is 0 Å². The van der Waals surface area contributed by atoms with Gasteiger partial charge in [0.05, 0.1) is 18.5 Å². The van der Waals surface area contributed by atoms with Gasteiger partial charge in [0.15, 0.2) is 15.6 Å². The van der Waals surface area contributed by atoms with E-state index in [1.807, 2.05) is 0 Å². The summed E-state index contributed by atoms with van der Waals surface area (Å²) < 4.78 is 34.7. The van der Waals surface area contributed by atoms with Gasteiger partial charge in [-0.15, -0.1) is 0 Å². The summed E-state index contributed by atoms with van der Waals surface area (Å²) in [6.45, 7) is 1.14. The van der Waals surface area contributed by atoms with Crippen molar-refractivity contribution in [2.75, 3.05) is 26.5 Å². The first kappa shape index (κ1) is 12.3. The Morgan fingerprint density at radius 2 is 1.94 bits per heavy atom. The first-order chi connectivity index (χ1) is 7.47. The zero-order valence-corrected chi connectivity index (χ0v) is 10.5. The molecule has 1 aliphatic heterocycles. The SMILES string of the molecule is CNC1CCC2(CC1S(C)(=O)=O)OCCO2. The number of ether oxygens (including phenoxy) is 2. The van der Waals surface area contributed by atoms with Crippen LogP contribution in [0.2, 0.25) is 0 Å². The lowest BCUT2D eigenvalue weighted by atomic mass is 9.89. The van der Waals surface area contributed by atoms with Crippen molar-refractivity contribution in [2.24, 2.45) is 0 Å². The van der Waals surface area contributed by atoms with Gasteiger partial charge in [-0.1, -0.05) is 0 Å². The lowest BCUT2D eigenvalue weighted by Gasteiger charge is -2.40. The molecular formula is C10H19NO4S. The van der Waals surface area contributed by atoms with Gasteiger partial charge in [-0.25, -0.2) is 8.42 Å². The van der Waals surface area contributed by atoms with E-state index in [2.05, 4.69) is 5.32 Å². The summed E-state index contributed by atoms with van der Waals surface area (Å²) in [5.41, 5.74) is 0. The predicted molar refractivity (Wildman–Crippen MR) is 60.0 cm³/mol. The maximum absolute atomic E-state index is 11.7. The van der Waals surface area contributed by atoms with Crippen molar-refractivity contribution >= 4 is 9.84 Å². The van der Waals surface area contributed by atoms with E-state index in [0.717, 1.165) is 12.8 Å². The van der Waals surface area contributed by atoms with E-state index in [0.29, 0.717) is 19.6 Å². The summed E-state index contributed by atoms with van der Waals surface area (Å²) in [6.07, 6.45) is 3.27. The second-order valence-corrected chi connectivity index (χ2v) is 6.88. The Morgan fingerprint density at radius 3 is 2.44 bits per heavy atom. The Balaban J connectivity index is 2.18. The van der Waals surface area contributed by atoms with E-state index in [4.69, 9.17) is 9.47 Å². The second-order valence-electron chi connectivity index (χ2n) is 4.61. The number of rotatable bonds is 2. The number of nitrogens with one attached hydrogen (secondary N) is 1. The van der Waals surface area contributed by atoms with Gasteiger partial charge in [-0.05, 0) is 13.5 Å². The molecule has 1 N–H and O–H groups in total. The highest BCUT2D eigenvalue weighted by molar-refractivity contribution is 7.91. The molecule has 1 aliphatic carbocycles. The van der Waals surface area contributed by atoms with Gasteiger partial charge in [0, 0.05) is 25.1 Å². The zero-order valence-electron chi connectivity index (χ0n) is 9.73. The Kier molecular flexibility index (Phi) is 3.27. The van der Waals surface area contributed by atoms with Crippen LogP contribution >= 0.6 is 0 Å². The first-order valence-electron chi connectivity index (χ1n) is 5.61. The van der Waals surface area contributed by atoms with Crippen molar-refractivity contribution in [1.82, 2.24) is 5.32 Å². The monoisotopic (exact) mass is 249 g/mol. The lowest BCUT2D eigenvalue weighted by Crippen LogP contribution is -2.52. The van der Waals surface area contributed by atoms with Crippen LogP contribution in [0.5, 0.6) is 0 Å². The van der Waals surface area contributed by atoms with Crippen molar-refractivity contribution in [3.63, 3.8) is 0 Å². The topological polar surface area (TPSA) is 64.6 Å². The largest absolute Gasteiger partial charge is 0.347 e. The molecule has 16 heavy (non-hydrogen) atoms. The molecule has 94 valence electrons. The molecule has 0 bridgehead atoms. The Labute approximate surface area is 96.4 Å². The van der Waals surface area contributed by atoms with E-state index in [1.54, 1.807) is 7.05 Å². The van der Waals surface area contributed by atoms with Gasteiger partial charge in [0.2, 0.25) is 0 Å². The smallest absolute Gasteiger partial charge is 0.169 e. The molecule has 2 atom stereocenters. The van der Waals surface area contributed by atoms with Gasteiger partial charge in [-0.2, -0.15) is 0 Å². The molecule has 0 amide bonds. The van der Waals surface area contributed by atoms with Crippen molar-refractivity contribution < 1.29 is 17.9 Å². The van der Waals surface area contributed by atoms with Crippen LogP contribution in [-0.4, -0.2) is 52.0 Å². The van der Waals surface area contributed by atoms with Crippen molar-refractivity contribution in [1.29, 1.82) is 0 Å². The van der Waals surface area contributed by atoms with Gasteiger partial charge >= 0.3 is 0 Å². The maximum Gasteiger partial charge on any atom is 0.169 e. The number of hydrogen-bond donors (Lipinski definition) is 1. The molecule has 1 saturated carbocycles. The van der Waals surface area contributed by atoms with E-state index >= 15 is 0 Å². The molecule has 5 nitrogen and oxygen atoms in total. The van der Waals surface area contributed by atoms with Crippen LogP contribution in [0.1, 0.15) is 19.3 Å². The van der Waals surface area contributed by atoms with Crippen LogP contribution in [0.15, 0.2) is 0 Å². The highest BCUT2D eigenvalue weighted by Crippen LogP contribution is 2.38. The summed E-state index contributed by atoms with van der Waals surface area (Å²) in [7, 11) is -1.27. The fraction of sp³-hybridized carbons (Fsp3) is 1.00. The highest BCUT2D eigenvalue weighted by Gasteiger charge is 2.47. The van der Waals surface area contributed by atoms with Crippen molar-refractivity contribution in [3.8, 4) is 0 Å². The number of sulfone groups is 1. The van der Waals surface area contributed by atoms with Gasteiger partial charge in [0.25, 0.3) is 0 Å². The molecule has 1 heterocycles. The summed E-state index contributed by atoms with van der Waals surface area (Å²) in [5, 5.41) is 2.66. The normalized spacial score (nSPS) is 34.4. The van der Waals surface area contributed by atoms with Crippen LogP contribution in [0.25, 0.3) is 0 Å². The second kappa shape index (κ2) is 4.25. The molecule has 2 fully saturated rings. The fourth-order valence-electron chi connectivity index (χ4n) is 2.65. The predicted octanol–water partition coefficient (Wildman–Crippen LogP) is -0.0854.